The van der Waals surface area contributed by atoms with Crippen LogP contribution in [0.4, 0.5) is 0 Å². The fourth-order valence-electron chi connectivity index (χ4n) is 3.83. The number of H-pyrrole nitrogens is 2. The molecule has 1 aliphatic rings. The van der Waals surface area contributed by atoms with Gasteiger partial charge in [0, 0.05) is 41.3 Å². The van der Waals surface area contributed by atoms with Crippen LogP contribution in [0.5, 0.6) is 0 Å². The standard InChI is InChI=1S/C21H26N4O/c1-5-25(4)20(26)13-6-7-16-14(10-13)11-17(22-16)19-15-8-9-21(2,3)12-18(15)23-24-19/h6-7,10-11,22H,5,8-9,12H2,1-4H3,(H,23,24). The Morgan fingerprint density at radius 2 is 2.12 bits per heavy atom. The summed E-state index contributed by atoms with van der Waals surface area (Å²) in [6.45, 7) is 7.30. The van der Waals surface area contributed by atoms with E-state index in [2.05, 4.69) is 35.1 Å². The van der Waals surface area contributed by atoms with Gasteiger partial charge in [-0.2, -0.15) is 5.10 Å². The Bertz CT molecular complexity index is 979. The van der Waals surface area contributed by atoms with Crippen molar-refractivity contribution in [2.24, 2.45) is 5.41 Å². The molecule has 136 valence electrons. The first-order valence-electron chi connectivity index (χ1n) is 9.33. The van der Waals surface area contributed by atoms with Crippen molar-refractivity contribution >= 4 is 16.8 Å². The maximum absolute atomic E-state index is 12.4. The molecule has 0 saturated heterocycles. The topological polar surface area (TPSA) is 64.8 Å². The molecule has 1 amide bonds. The van der Waals surface area contributed by atoms with E-state index in [1.165, 1.54) is 17.7 Å². The maximum Gasteiger partial charge on any atom is 0.253 e. The number of fused-ring (bicyclic) bond motifs is 2. The summed E-state index contributed by atoms with van der Waals surface area (Å²) in [5.41, 5.74) is 6.71. The number of aromatic amines is 2. The van der Waals surface area contributed by atoms with Gasteiger partial charge in [-0.3, -0.25) is 9.89 Å². The second kappa shape index (κ2) is 6.01. The zero-order valence-electron chi connectivity index (χ0n) is 15.9. The average Bonchev–Trinajstić information content (AvgIpc) is 3.21. The second-order valence-electron chi connectivity index (χ2n) is 8.17. The van der Waals surface area contributed by atoms with Crippen molar-refractivity contribution < 1.29 is 4.79 Å². The van der Waals surface area contributed by atoms with Crippen molar-refractivity contribution in [2.75, 3.05) is 13.6 Å². The fourth-order valence-corrected chi connectivity index (χ4v) is 3.83. The molecule has 0 aliphatic heterocycles. The highest BCUT2D eigenvalue weighted by atomic mass is 16.2. The average molecular weight is 350 g/mol. The first-order chi connectivity index (χ1) is 12.4. The van der Waals surface area contributed by atoms with Gasteiger partial charge >= 0.3 is 0 Å². The number of nitrogens with one attached hydrogen (secondary N) is 2. The molecule has 2 aromatic heterocycles. The van der Waals surface area contributed by atoms with Gasteiger partial charge in [0.1, 0.15) is 5.69 Å². The quantitative estimate of drug-likeness (QED) is 0.745. The highest BCUT2D eigenvalue weighted by Gasteiger charge is 2.29. The number of hydrogen-bond donors (Lipinski definition) is 2. The van der Waals surface area contributed by atoms with Crippen LogP contribution in [0.15, 0.2) is 24.3 Å². The van der Waals surface area contributed by atoms with E-state index in [-0.39, 0.29) is 5.91 Å². The number of carbonyl (C=O) groups excluding carboxylic acids is 1. The molecule has 5 nitrogen and oxygen atoms in total. The largest absolute Gasteiger partial charge is 0.353 e. The van der Waals surface area contributed by atoms with E-state index in [4.69, 9.17) is 0 Å². The Morgan fingerprint density at radius 1 is 1.31 bits per heavy atom. The number of rotatable bonds is 3. The fraction of sp³-hybridized carbons (Fsp3) is 0.429. The summed E-state index contributed by atoms with van der Waals surface area (Å²) in [6, 6.07) is 7.94. The third-order valence-electron chi connectivity index (χ3n) is 5.60. The van der Waals surface area contributed by atoms with E-state index < -0.39 is 0 Å². The lowest BCUT2D eigenvalue weighted by atomic mass is 9.76. The van der Waals surface area contributed by atoms with Crippen LogP contribution in [0.2, 0.25) is 0 Å². The van der Waals surface area contributed by atoms with Gasteiger partial charge < -0.3 is 9.88 Å². The van der Waals surface area contributed by atoms with Gasteiger partial charge in [0.05, 0.1) is 5.69 Å². The van der Waals surface area contributed by atoms with Crippen LogP contribution in [0, 0.1) is 5.41 Å². The molecule has 0 unspecified atom stereocenters. The molecule has 0 spiro atoms. The van der Waals surface area contributed by atoms with Gasteiger partial charge in [-0.15, -0.1) is 0 Å². The molecule has 1 aromatic carbocycles. The van der Waals surface area contributed by atoms with Crippen LogP contribution in [-0.2, 0) is 12.8 Å². The molecular weight excluding hydrogens is 324 g/mol. The highest BCUT2D eigenvalue weighted by Crippen LogP contribution is 2.38. The van der Waals surface area contributed by atoms with Crippen LogP contribution in [-0.4, -0.2) is 39.6 Å². The third-order valence-corrected chi connectivity index (χ3v) is 5.60. The first kappa shape index (κ1) is 16.9. The van der Waals surface area contributed by atoms with Gasteiger partial charge in [0.25, 0.3) is 5.91 Å². The molecule has 26 heavy (non-hydrogen) atoms. The van der Waals surface area contributed by atoms with E-state index in [0.29, 0.717) is 12.0 Å². The zero-order chi connectivity index (χ0) is 18.5. The molecule has 5 heteroatoms. The molecule has 0 bridgehead atoms. The van der Waals surface area contributed by atoms with Gasteiger partial charge in [0.2, 0.25) is 0 Å². The predicted molar refractivity (Wildman–Crippen MR) is 104 cm³/mol. The minimum absolute atomic E-state index is 0.0523. The minimum Gasteiger partial charge on any atom is -0.353 e. The van der Waals surface area contributed by atoms with Gasteiger partial charge in [0.15, 0.2) is 0 Å². The molecule has 1 aliphatic carbocycles. The summed E-state index contributed by atoms with van der Waals surface area (Å²) in [4.78, 5) is 17.6. The number of amides is 1. The van der Waals surface area contributed by atoms with E-state index in [9.17, 15) is 4.79 Å². The van der Waals surface area contributed by atoms with Gasteiger partial charge in [-0.1, -0.05) is 13.8 Å². The summed E-state index contributed by atoms with van der Waals surface area (Å²) < 4.78 is 0. The molecule has 0 atom stereocenters. The molecule has 0 fully saturated rings. The second-order valence-corrected chi connectivity index (χ2v) is 8.17. The lowest BCUT2D eigenvalue weighted by Gasteiger charge is -2.28. The summed E-state index contributed by atoms with van der Waals surface area (Å²) in [5.74, 6) is 0.0523. The Kier molecular flexibility index (Phi) is 3.90. The molecule has 0 saturated carbocycles. The number of nitrogens with zero attached hydrogens (tertiary/aromatic N) is 2. The predicted octanol–water partition coefficient (Wildman–Crippen LogP) is 4.16. The smallest absolute Gasteiger partial charge is 0.253 e. The number of aromatic nitrogens is 3. The summed E-state index contributed by atoms with van der Waals surface area (Å²) in [6.07, 6.45) is 3.26. The van der Waals surface area contributed by atoms with E-state index in [1.807, 2.05) is 32.2 Å². The van der Waals surface area contributed by atoms with Crippen molar-refractivity contribution in [2.45, 2.75) is 40.0 Å². The van der Waals surface area contributed by atoms with Crippen LogP contribution in [0.1, 0.15) is 48.8 Å². The van der Waals surface area contributed by atoms with Crippen molar-refractivity contribution in [1.29, 1.82) is 0 Å². The van der Waals surface area contributed by atoms with E-state index >= 15 is 0 Å². The number of carbonyl (C=O) groups is 1. The first-order valence-corrected chi connectivity index (χ1v) is 9.33. The molecule has 2 N–H and O–H groups in total. The van der Waals surface area contributed by atoms with Gasteiger partial charge in [-0.25, -0.2) is 0 Å². The van der Waals surface area contributed by atoms with Crippen LogP contribution in [0.25, 0.3) is 22.3 Å². The van der Waals surface area contributed by atoms with Crippen molar-refractivity contribution in [3.63, 3.8) is 0 Å². The van der Waals surface area contributed by atoms with Gasteiger partial charge in [-0.05, 0) is 55.9 Å². The molecule has 0 radical (unpaired) electrons. The monoisotopic (exact) mass is 350 g/mol. The number of hydrogen-bond acceptors (Lipinski definition) is 2. The molecule has 3 aromatic rings. The molecule has 4 rings (SSSR count). The summed E-state index contributed by atoms with van der Waals surface area (Å²) >= 11 is 0. The highest BCUT2D eigenvalue weighted by molar-refractivity contribution is 5.98. The lowest BCUT2D eigenvalue weighted by molar-refractivity contribution is 0.0802. The van der Waals surface area contributed by atoms with Crippen molar-refractivity contribution in [3.05, 3.63) is 41.1 Å². The SMILES string of the molecule is CCN(C)C(=O)c1ccc2[nH]c(-c3n[nH]c4c3CCC(C)(C)C4)cc2c1. The Labute approximate surface area is 153 Å². The normalized spacial score (nSPS) is 15.8. The third kappa shape index (κ3) is 2.81. The maximum atomic E-state index is 12.4. The van der Waals surface area contributed by atoms with E-state index in [1.54, 1.807) is 4.90 Å². The van der Waals surface area contributed by atoms with Crippen LogP contribution in [0.3, 0.4) is 0 Å². The van der Waals surface area contributed by atoms with Crippen molar-refractivity contribution in [1.82, 2.24) is 20.1 Å². The minimum atomic E-state index is 0.0523. The van der Waals surface area contributed by atoms with Crippen LogP contribution >= 0.6 is 0 Å². The molecule has 2 heterocycles. The Morgan fingerprint density at radius 3 is 2.88 bits per heavy atom. The zero-order valence-corrected chi connectivity index (χ0v) is 15.9. The summed E-state index contributed by atoms with van der Waals surface area (Å²) in [7, 11) is 1.83. The number of benzene rings is 1. The Hall–Kier alpha value is -2.56. The molecular formula is C21H26N4O. The summed E-state index contributed by atoms with van der Waals surface area (Å²) in [5, 5.41) is 8.89. The van der Waals surface area contributed by atoms with Crippen molar-refractivity contribution in [3.8, 4) is 11.4 Å². The van der Waals surface area contributed by atoms with E-state index in [0.717, 1.165) is 40.7 Å². The lowest BCUT2D eigenvalue weighted by Crippen LogP contribution is -2.26. The Balaban J connectivity index is 1.71. The van der Waals surface area contributed by atoms with Crippen LogP contribution < -0.4 is 0 Å².